The molecule has 4 aromatic rings. The van der Waals surface area contributed by atoms with Gasteiger partial charge in [0, 0.05) is 41.5 Å². The number of para-hydroxylation sites is 1. The first-order valence-corrected chi connectivity index (χ1v) is 9.67. The van der Waals surface area contributed by atoms with E-state index >= 15 is 0 Å². The van der Waals surface area contributed by atoms with Gasteiger partial charge in [-0.05, 0) is 18.2 Å². The number of ether oxygens (including phenoxy) is 1. The molecule has 2 aromatic carbocycles. The number of carbonyl (C=O) groups excluding carboxylic acids is 1. The SMILES string of the molecule is COc1cccc(NC(=O)CSc2nnc(-c3c[nH]c4ccccc34)n2C)c1. The summed E-state index contributed by atoms with van der Waals surface area (Å²) in [6, 6.07) is 15.3. The Labute approximate surface area is 166 Å². The zero-order chi connectivity index (χ0) is 19.5. The minimum Gasteiger partial charge on any atom is -0.497 e. The summed E-state index contributed by atoms with van der Waals surface area (Å²) in [5.41, 5.74) is 2.73. The van der Waals surface area contributed by atoms with Gasteiger partial charge in [-0.2, -0.15) is 0 Å². The lowest BCUT2D eigenvalue weighted by atomic mass is 10.1. The molecule has 0 spiro atoms. The molecule has 0 atom stereocenters. The molecule has 0 fully saturated rings. The average Bonchev–Trinajstić information content (AvgIpc) is 3.29. The highest BCUT2D eigenvalue weighted by Crippen LogP contribution is 2.29. The molecule has 8 heteroatoms. The maximum atomic E-state index is 12.3. The van der Waals surface area contributed by atoms with Gasteiger partial charge in [0.2, 0.25) is 5.91 Å². The summed E-state index contributed by atoms with van der Waals surface area (Å²) in [5, 5.41) is 13.2. The maximum absolute atomic E-state index is 12.3. The minimum atomic E-state index is -0.116. The van der Waals surface area contributed by atoms with Gasteiger partial charge in [-0.25, -0.2) is 0 Å². The van der Waals surface area contributed by atoms with Crippen molar-refractivity contribution in [2.45, 2.75) is 5.16 Å². The highest BCUT2D eigenvalue weighted by atomic mass is 32.2. The molecule has 2 aromatic heterocycles. The molecule has 4 rings (SSSR count). The Kier molecular flexibility index (Phi) is 5.03. The molecule has 2 heterocycles. The van der Waals surface area contributed by atoms with Crippen LogP contribution in [-0.2, 0) is 11.8 Å². The first kappa shape index (κ1) is 18.1. The number of hydrogen-bond donors (Lipinski definition) is 2. The summed E-state index contributed by atoms with van der Waals surface area (Å²) in [6.07, 6.45) is 1.93. The number of nitrogens with one attached hydrogen (secondary N) is 2. The number of H-pyrrole nitrogens is 1. The third-order valence-corrected chi connectivity index (χ3v) is 5.37. The van der Waals surface area contributed by atoms with Crippen molar-refractivity contribution in [1.82, 2.24) is 19.7 Å². The van der Waals surface area contributed by atoms with Crippen LogP contribution in [0.2, 0.25) is 0 Å². The second-order valence-electron chi connectivity index (χ2n) is 6.18. The molecule has 0 saturated heterocycles. The zero-order valence-corrected chi connectivity index (χ0v) is 16.3. The number of hydrogen-bond acceptors (Lipinski definition) is 5. The molecule has 2 N–H and O–H groups in total. The van der Waals surface area contributed by atoms with E-state index in [-0.39, 0.29) is 11.7 Å². The summed E-state index contributed by atoms with van der Waals surface area (Å²) in [6.45, 7) is 0. The van der Waals surface area contributed by atoms with E-state index in [1.165, 1.54) is 11.8 Å². The summed E-state index contributed by atoms with van der Waals surface area (Å²) in [7, 11) is 3.50. The molecule has 0 unspecified atom stereocenters. The second-order valence-corrected chi connectivity index (χ2v) is 7.12. The Morgan fingerprint density at radius 1 is 1.21 bits per heavy atom. The summed E-state index contributed by atoms with van der Waals surface area (Å²) >= 11 is 1.34. The van der Waals surface area contributed by atoms with Gasteiger partial charge in [-0.15, -0.1) is 10.2 Å². The zero-order valence-electron chi connectivity index (χ0n) is 15.5. The van der Waals surface area contributed by atoms with E-state index in [0.29, 0.717) is 16.6 Å². The fourth-order valence-electron chi connectivity index (χ4n) is 2.96. The van der Waals surface area contributed by atoms with Crippen LogP contribution in [0.15, 0.2) is 59.9 Å². The van der Waals surface area contributed by atoms with E-state index < -0.39 is 0 Å². The van der Waals surface area contributed by atoms with Crippen molar-refractivity contribution in [2.24, 2.45) is 7.05 Å². The molecule has 1 amide bonds. The highest BCUT2D eigenvalue weighted by Gasteiger charge is 2.16. The molecular formula is C20H19N5O2S. The van der Waals surface area contributed by atoms with Gasteiger partial charge in [0.05, 0.1) is 12.9 Å². The number of aromatic amines is 1. The number of carbonyl (C=O) groups is 1. The molecule has 7 nitrogen and oxygen atoms in total. The van der Waals surface area contributed by atoms with Crippen LogP contribution < -0.4 is 10.1 Å². The van der Waals surface area contributed by atoms with E-state index in [0.717, 1.165) is 22.3 Å². The van der Waals surface area contributed by atoms with Gasteiger partial charge in [0.1, 0.15) is 5.75 Å². The third-order valence-electron chi connectivity index (χ3n) is 4.35. The Morgan fingerprint density at radius 3 is 2.93 bits per heavy atom. The van der Waals surface area contributed by atoms with E-state index in [2.05, 4.69) is 20.5 Å². The lowest BCUT2D eigenvalue weighted by molar-refractivity contribution is -0.113. The van der Waals surface area contributed by atoms with Gasteiger partial charge >= 0.3 is 0 Å². The lowest BCUT2D eigenvalue weighted by Crippen LogP contribution is -2.14. The van der Waals surface area contributed by atoms with Crippen molar-refractivity contribution in [1.29, 1.82) is 0 Å². The van der Waals surface area contributed by atoms with Gasteiger partial charge in [-0.1, -0.05) is 36.0 Å². The standard InChI is InChI=1S/C20H19N5O2S/c1-25-19(16-11-21-17-9-4-3-8-15(16)17)23-24-20(25)28-12-18(26)22-13-6-5-7-14(10-13)27-2/h3-11,21H,12H2,1-2H3,(H,22,26). The van der Waals surface area contributed by atoms with Crippen molar-refractivity contribution in [2.75, 3.05) is 18.2 Å². The van der Waals surface area contributed by atoms with E-state index in [1.54, 1.807) is 13.2 Å². The first-order valence-electron chi connectivity index (χ1n) is 8.68. The molecular weight excluding hydrogens is 374 g/mol. The summed E-state index contributed by atoms with van der Waals surface area (Å²) in [5.74, 6) is 1.57. The monoisotopic (exact) mass is 393 g/mol. The highest BCUT2D eigenvalue weighted by molar-refractivity contribution is 7.99. The van der Waals surface area contributed by atoms with Gasteiger partial charge in [-0.3, -0.25) is 4.79 Å². The number of anilines is 1. The van der Waals surface area contributed by atoms with Crippen LogP contribution in [0.1, 0.15) is 0 Å². The van der Waals surface area contributed by atoms with E-state index in [1.807, 2.05) is 60.3 Å². The fraction of sp³-hybridized carbons (Fsp3) is 0.150. The topological polar surface area (TPSA) is 84.8 Å². The van der Waals surface area contributed by atoms with Crippen molar-refractivity contribution >= 4 is 34.3 Å². The van der Waals surface area contributed by atoms with E-state index in [9.17, 15) is 4.79 Å². The quantitative estimate of drug-likeness (QED) is 0.488. The van der Waals surface area contributed by atoms with Gasteiger partial charge in [0.25, 0.3) is 0 Å². The smallest absolute Gasteiger partial charge is 0.234 e. The predicted molar refractivity (Wildman–Crippen MR) is 111 cm³/mol. The molecule has 28 heavy (non-hydrogen) atoms. The lowest BCUT2D eigenvalue weighted by Gasteiger charge is -2.07. The number of methoxy groups -OCH3 is 1. The van der Waals surface area contributed by atoms with Gasteiger partial charge < -0.3 is 19.6 Å². The van der Waals surface area contributed by atoms with Crippen LogP contribution in [0.25, 0.3) is 22.3 Å². The number of rotatable bonds is 6. The number of nitrogens with zero attached hydrogens (tertiary/aromatic N) is 3. The fourth-order valence-corrected chi connectivity index (χ4v) is 3.67. The number of thioether (sulfide) groups is 1. The minimum absolute atomic E-state index is 0.116. The molecule has 0 radical (unpaired) electrons. The van der Waals surface area contributed by atoms with Gasteiger partial charge in [0.15, 0.2) is 11.0 Å². The Bertz CT molecular complexity index is 1130. The molecule has 0 aliphatic heterocycles. The normalized spacial score (nSPS) is 10.9. The molecule has 142 valence electrons. The average molecular weight is 393 g/mol. The number of aromatic nitrogens is 4. The Morgan fingerprint density at radius 2 is 2.07 bits per heavy atom. The number of fused-ring (bicyclic) bond motifs is 1. The van der Waals surface area contributed by atoms with Crippen molar-refractivity contribution in [3.8, 4) is 17.1 Å². The van der Waals surface area contributed by atoms with Crippen LogP contribution in [0.5, 0.6) is 5.75 Å². The van der Waals surface area contributed by atoms with Crippen LogP contribution in [0.3, 0.4) is 0 Å². The van der Waals surface area contributed by atoms with E-state index in [4.69, 9.17) is 4.74 Å². The third kappa shape index (κ3) is 3.59. The van der Waals surface area contributed by atoms with Crippen LogP contribution in [-0.4, -0.2) is 38.5 Å². The van der Waals surface area contributed by atoms with Crippen LogP contribution >= 0.6 is 11.8 Å². The predicted octanol–water partition coefficient (Wildman–Crippen LogP) is 3.70. The first-order chi connectivity index (χ1) is 13.7. The van der Waals surface area contributed by atoms with Crippen LogP contribution in [0, 0.1) is 0 Å². The van der Waals surface area contributed by atoms with Crippen molar-refractivity contribution < 1.29 is 9.53 Å². The largest absolute Gasteiger partial charge is 0.497 e. The Balaban J connectivity index is 1.45. The molecule has 0 saturated carbocycles. The number of amides is 1. The molecule has 0 bridgehead atoms. The van der Waals surface area contributed by atoms with Crippen molar-refractivity contribution in [3.63, 3.8) is 0 Å². The second kappa shape index (κ2) is 7.77. The number of benzene rings is 2. The Hall–Kier alpha value is -3.26. The van der Waals surface area contributed by atoms with Crippen molar-refractivity contribution in [3.05, 3.63) is 54.7 Å². The van der Waals surface area contributed by atoms with Crippen LogP contribution in [0.4, 0.5) is 5.69 Å². The summed E-state index contributed by atoms with van der Waals surface area (Å²) < 4.78 is 7.07. The maximum Gasteiger partial charge on any atom is 0.234 e. The molecule has 0 aliphatic rings. The molecule has 0 aliphatic carbocycles. The summed E-state index contributed by atoms with van der Waals surface area (Å²) in [4.78, 5) is 15.5.